The molecule has 1 aromatic carbocycles. The molecule has 5 nitrogen and oxygen atoms in total. The van der Waals surface area contributed by atoms with E-state index in [0.29, 0.717) is 5.69 Å². The van der Waals surface area contributed by atoms with Crippen LogP contribution in [0.25, 0.3) is 11.3 Å². The molecule has 1 aromatic heterocycles. The number of benzene rings is 1. The molecule has 5 heteroatoms. The van der Waals surface area contributed by atoms with Gasteiger partial charge < -0.3 is 14.9 Å². The van der Waals surface area contributed by atoms with E-state index < -0.39 is 0 Å². The fourth-order valence-electron chi connectivity index (χ4n) is 3.14. The molecule has 1 heterocycles. The zero-order chi connectivity index (χ0) is 16.4. The van der Waals surface area contributed by atoms with Gasteiger partial charge in [-0.15, -0.1) is 0 Å². The van der Waals surface area contributed by atoms with Gasteiger partial charge in [0.2, 0.25) is 5.76 Å². The predicted octanol–water partition coefficient (Wildman–Crippen LogP) is 2.93. The van der Waals surface area contributed by atoms with Crippen LogP contribution in [0, 0.1) is 12.3 Å². The molecule has 0 radical (unpaired) electrons. The van der Waals surface area contributed by atoms with Gasteiger partial charge in [0.25, 0.3) is 5.91 Å². The van der Waals surface area contributed by atoms with Gasteiger partial charge in [-0.05, 0) is 19.8 Å². The molecule has 0 saturated heterocycles. The van der Waals surface area contributed by atoms with Crippen LogP contribution in [0.5, 0.6) is 0 Å². The Labute approximate surface area is 135 Å². The lowest BCUT2D eigenvalue weighted by atomic mass is 9.86. The van der Waals surface area contributed by atoms with Crippen molar-refractivity contribution < 1.29 is 14.4 Å². The summed E-state index contributed by atoms with van der Waals surface area (Å²) in [6.45, 7) is 4.09. The minimum Gasteiger partial charge on any atom is -0.396 e. The Morgan fingerprint density at radius 2 is 2.17 bits per heavy atom. The van der Waals surface area contributed by atoms with Crippen molar-refractivity contribution in [1.82, 2.24) is 10.5 Å². The van der Waals surface area contributed by atoms with Crippen molar-refractivity contribution in [3.63, 3.8) is 0 Å². The van der Waals surface area contributed by atoms with Crippen molar-refractivity contribution in [3.05, 3.63) is 41.7 Å². The van der Waals surface area contributed by atoms with Crippen molar-refractivity contribution in [2.24, 2.45) is 5.41 Å². The number of aryl methyl sites for hydroxylation is 1. The molecule has 1 aliphatic carbocycles. The van der Waals surface area contributed by atoms with E-state index in [0.717, 1.165) is 24.8 Å². The molecule has 23 heavy (non-hydrogen) atoms. The highest BCUT2D eigenvalue weighted by Crippen LogP contribution is 2.37. The normalized spacial score (nSPS) is 23.9. The maximum Gasteiger partial charge on any atom is 0.290 e. The second kappa shape index (κ2) is 6.16. The van der Waals surface area contributed by atoms with Crippen LogP contribution in [0.15, 0.2) is 34.9 Å². The molecular weight excluding hydrogens is 292 g/mol. The number of carbonyl (C=O) groups is 1. The molecule has 3 rings (SSSR count). The summed E-state index contributed by atoms with van der Waals surface area (Å²) >= 11 is 0. The van der Waals surface area contributed by atoms with Crippen LogP contribution in [0.1, 0.15) is 42.3 Å². The average molecular weight is 314 g/mol. The lowest BCUT2D eigenvalue weighted by molar-refractivity contribution is 0.0798. The summed E-state index contributed by atoms with van der Waals surface area (Å²) in [5.41, 5.74) is 2.47. The summed E-state index contributed by atoms with van der Waals surface area (Å²) in [5.74, 6) is -0.0739. The average Bonchev–Trinajstić information content (AvgIpc) is 3.16. The van der Waals surface area contributed by atoms with Gasteiger partial charge in [0.05, 0.1) is 6.61 Å². The molecular formula is C18H22N2O3. The van der Waals surface area contributed by atoms with Crippen LogP contribution in [0.2, 0.25) is 0 Å². The number of nitrogens with one attached hydrogen (secondary N) is 1. The highest BCUT2D eigenvalue weighted by molar-refractivity contribution is 5.92. The summed E-state index contributed by atoms with van der Waals surface area (Å²) in [6, 6.07) is 9.52. The zero-order valence-electron chi connectivity index (χ0n) is 13.5. The van der Waals surface area contributed by atoms with E-state index in [9.17, 15) is 9.90 Å². The minimum atomic E-state index is -0.276. The van der Waals surface area contributed by atoms with Gasteiger partial charge in [0.15, 0.2) is 0 Å². The first-order valence-corrected chi connectivity index (χ1v) is 7.97. The largest absolute Gasteiger partial charge is 0.396 e. The lowest BCUT2D eigenvalue weighted by Crippen LogP contribution is -2.44. The molecule has 2 atom stereocenters. The Bertz CT molecular complexity index is 693. The van der Waals surface area contributed by atoms with Gasteiger partial charge in [-0.1, -0.05) is 48.3 Å². The summed E-state index contributed by atoms with van der Waals surface area (Å²) in [6.07, 6.45) is 2.80. The maximum absolute atomic E-state index is 12.4. The van der Waals surface area contributed by atoms with E-state index in [4.69, 9.17) is 4.52 Å². The standard InChI is InChI=1S/C18H22N2O3/c1-12-5-7-13(8-6-12)14-10-15(23-20-14)17(22)19-16-4-3-9-18(16,2)11-21/h5-8,10,16,21H,3-4,9,11H2,1-2H3,(H,19,22). The highest BCUT2D eigenvalue weighted by Gasteiger charge is 2.39. The monoisotopic (exact) mass is 314 g/mol. The third-order valence-electron chi connectivity index (χ3n) is 4.83. The van der Waals surface area contributed by atoms with Gasteiger partial charge in [0, 0.05) is 23.1 Å². The summed E-state index contributed by atoms with van der Waals surface area (Å²) < 4.78 is 5.20. The number of rotatable bonds is 4. The third kappa shape index (κ3) is 3.15. The van der Waals surface area contributed by atoms with Crippen molar-refractivity contribution in [2.45, 2.75) is 39.2 Å². The lowest BCUT2D eigenvalue weighted by Gasteiger charge is -2.29. The predicted molar refractivity (Wildman–Crippen MR) is 87.0 cm³/mol. The third-order valence-corrected chi connectivity index (χ3v) is 4.83. The van der Waals surface area contributed by atoms with E-state index in [2.05, 4.69) is 10.5 Å². The maximum atomic E-state index is 12.4. The molecule has 0 spiro atoms. The number of hydrogen-bond donors (Lipinski definition) is 2. The molecule has 1 amide bonds. The van der Waals surface area contributed by atoms with E-state index in [1.807, 2.05) is 38.1 Å². The van der Waals surface area contributed by atoms with E-state index >= 15 is 0 Å². The van der Waals surface area contributed by atoms with Crippen molar-refractivity contribution in [2.75, 3.05) is 6.61 Å². The Morgan fingerprint density at radius 1 is 1.43 bits per heavy atom. The zero-order valence-corrected chi connectivity index (χ0v) is 13.5. The summed E-state index contributed by atoms with van der Waals surface area (Å²) in [4.78, 5) is 12.4. The van der Waals surface area contributed by atoms with Gasteiger partial charge >= 0.3 is 0 Å². The molecule has 122 valence electrons. The van der Waals surface area contributed by atoms with Crippen molar-refractivity contribution in [1.29, 1.82) is 0 Å². The molecule has 2 aromatic rings. The minimum absolute atomic E-state index is 0.0343. The first kappa shape index (κ1) is 15.7. The van der Waals surface area contributed by atoms with Crippen molar-refractivity contribution >= 4 is 5.91 Å². The van der Waals surface area contributed by atoms with Gasteiger partial charge in [0.1, 0.15) is 5.69 Å². The highest BCUT2D eigenvalue weighted by atomic mass is 16.5. The van der Waals surface area contributed by atoms with Crippen LogP contribution in [0.4, 0.5) is 0 Å². The van der Waals surface area contributed by atoms with Gasteiger partial charge in [-0.2, -0.15) is 0 Å². The molecule has 1 aliphatic rings. The smallest absolute Gasteiger partial charge is 0.290 e. The second-order valence-electron chi connectivity index (χ2n) is 6.67. The molecule has 1 saturated carbocycles. The second-order valence-corrected chi connectivity index (χ2v) is 6.67. The number of aliphatic hydroxyl groups excluding tert-OH is 1. The fourth-order valence-corrected chi connectivity index (χ4v) is 3.14. The number of aromatic nitrogens is 1. The SMILES string of the molecule is Cc1ccc(-c2cc(C(=O)NC3CCCC3(C)CO)on2)cc1. The molecule has 0 bridgehead atoms. The Morgan fingerprint density at radius 3 is 2.87 bits per heavy atom. The molecule has 2 unspecified atom stereocenters. The first-order valence-electron chi connectivity index (χ1n) is 7.97. The van der Waals surface area contributed by atoms with Gasteiger partial charge in [-0.3, -0.25) is 4.79 Å². The summed E-state index contributed by atoms with van der Waals surface area (Å²) in [7, 11) is 0. The van der Waals surface area contributed by atoms with Crippen LogP contribution in [-0.2, 0) is 0 Å². The molecule has 1 fully saturated rings. The molecule has 0 aliphatic heterocycles. The van der Waals surface area contributed by atoms with Crippen LogP contribution in [0.3, 0.4) is 0 Å². The van der Waals surface area contributed by atoms with E-state index in [1.54, 1.807) is 6.07 Å². The Kier molecular flexibility index (Phi) is 4.22. The number of carbonyl (C=O) groups excluding carboxylic acids is 1. The Hall–Kier alpha value is -2.14. The number of hydrogen-bond acceptors (Lipinski definition) is 4. The fraction of sp³-hybridized carbons (Fsp3) is 0.444. The van der Waals surface area contributed by atoms with E-state index in [-0.39, 0.29) is 29.7 Å². The number of amides is 1. The van der Waals surface area contributed by atoms with E-state index in [1.165, 1.54) is 5.56 Å². The van der Waals surface area contributed by atoms with Crippen molar-refractivity contribution in [3.8, 4) is 11.3 Å². The first-order chi connectivity index (χ1) is 11.0. The quantitative estimate of drug-likeness (QED) is 0.910. The number of nitrogens with zero attached hydrogens (tertiary/aromatic N) is 1. The molecule has 2 N–H and O–H groups in total. The van der Waals surface area contributed by atoms with Crippen LogP contribution < -0.4 is 5.32 Å². The van der Waals surface area contributed by atoms with Gasteiger partial charge in [-0.25, -0.2) is 0 Å². The summed E-state index contributed by atoms with van der Waals surface area (Å²) in [5, 5.41) is 16.5. The van der Waals surface area contributed by atoms with Crippen LogP contribution in [-0.4, -0.2) is 28.8 Å². The number of aliphatic hydroxyl groups is 1. The van der Waals surface area contributed by atoms with Crippen LogP contribution >= 0.6 is 0 Å². The Balaban J connectivity index is 1.73. The topological polar surface area (TPSA) is 75.4 Å².